The normalized spacial score (nSPS) is 10.4. The summed E-state index contributed by atoms with van der Waals surface area (Å²) in [7, 11) is 3.21. The van der Waals surface area contributed by atoms with Crippen LogP contribution in [0.5, 0.6) is 17.2 Å². The fourth-order valence-electron chi connectivity index (χ4n) is 2.37. The maximum atomic E-state index is 13.2. The van der Waals surface area contributed by atoms with Gasteiger partial charge >= 0.3 is 0 Å². The summed E-state index contributed by atoms with van der Waals surface area (Å²) in [6.07, 6.45) is 0.865. The molecule has 0 aliphatic rings. The largest absolute Gasteiger partial charge is 0.493 e. The van der Waals surface area contributed by atoms with Crippen molar-refractivity contribution in [2.75, 3.05) is 33.9 Å². The number of benzene rings is 2. The molecular weight excluding hydrogens is 417 g/mol. The summed E-state index contributed by atoms with van der Waals surface area (Å²) in [5.74, 6) is 0.953. The van der Waals surface area contributed by atoms with Crippen molar-refractivity contribution >= 4 is 21.8 Å². The summed E-state index contributed by atoms with van der Waals surface area (Å²) in [5.41, 5.74) is 0.468. The number of rotatable bonds is 9. The topological polar surface area (TPSA) is 48.0 Å². The van der Waals surface area contributed by atoms with Crippen LogP contribution in [0.1, 0.15) is 23.7 Å². The lowest BCUT2D eigenvalue weighted by Crippen LogP contribution is -2.31. The van der Waals surface area contributed by atoms with E-state index < -0.39 is 0 Å². The van der Waals surface area contributed by atoms with Gasteiger partial charge in [0, 0.05) is 18.7 Å². The van der Waals surface area contributed by atoms with Crippen molar-refractivity contribution in [1.29, 1.82) is 0 Å². The van der Waals surface area contributed by atoms with Gasteiger partial charge in [-0.25, -0.2) is 4.39 Å². The zero-order chi connectivity index (χ0) is 19.8. The molecule has 0 fully saturated rings. The van der Waals surface area contributed by atoms with Crippen LogP contribution in [0.25, 0.3) is 0 Å². The summed E-state index contributed by atoms with van der Waals surface area (Å²) < 4.78 is 30.3. The van der Waals surface area contributed by atoms with E-state index in [0.717, 1.165) is 6.42 Å². The van der Waals surface area contributed by atoms with E-state index in [-0.39, 0.29) is 18.3 Å². The highest BCUT2D eigenvalue weighted by atomic mass is 79.9. The van der Waals surface area contributed by atoms with E-state index in [0.29, 0.717) is 40.4 Å². The average molecular weight is 440 g/mol. The van der Waals surface area contributed by atoms with E-state index in [2.05, 4.69) is 15.9 Å². The standard InChI is InChI=1S/C20H23BrFNO4/c1-4-9-27-19-17(21)11-14(12-18(19)25-3)20(24)23(2)8-10-26-16-7-5-6-15(22)13-16/h5-7,11-13H,4,8-10H2,1-3H3. The van der Waals surface area contributed by atoms with Gasteiger partial charge in [-0.15, -0.1) is 0 Å². The van der Waals surface area contributed by atoms with Crippen LogP contribution in [0.4, 0.5) is 4.39 Å². The molecule has 0 atom stereocenters. The number of methoxy groups -OCH3 is 1. The van der Waals surface area contributed by atoms with Crippen molar-refractivity contribution in [3.63, 3.8) is 0 Å². The third kappa shape index (κ3) is 5.85. The molecule has 27 heavy (non-hydrogen) atoms. The zero-order valence-electron chi connectivity index (χ0n) is 15.6. The number of halogens is 2. The molecule has 5 nitrogen and oxygen atoms in total. The van der Waals surface area contributed by atoms with Gasteiger partial charge in [-0.1, -0.05) is 13.0 Å². The van der Waals surface area contributed by atoms with Gasteiger partial charge in [0.05, 0.1) is 24.7 Å². The number of hydrogen-bond donors (Lipinski definition) is 0. The number of carbonyl (C=O) groups is 1. The van der Waals surface area contributed by atoms with Crippen LogP contribution in [-0.2, 0) is 0 Å². The molecule has 0 bridgehead atoms. The number of nitrogens with zero attached hydrogens (tertiary/aromatic N) is 1. The van der Waals surface area contributed by atoms with E-state index in [4.69, 9.17) is 14.2 Å². The Kier molecular flexibility index (Phi) is 7.91. The first kappa shape index (κ1) is 21.0. The van der Waals surface area contributed by atoms with Crippen LogP contribution in [0.2, 0.25) is 0 Å². The van der Waals surface area contributed by atoms with Crippen LogP contribution < -0.4 is 14.2 Å². The zero-order valence-corrected chi connectivity index (χ0v) is 17.2. The molecule has 0 unspecified atom stereocenters. The lowest BCUT2D eigenvalue weighted by molar-refractivity contribution is 0.0773. The van der Waals surface area contributed by atoms with Gasteiger partial charge in [0.15, 0.2) is 11.5 Å². The van der Waals surface area contributed by atoms with Gasteiger partial charge in [0.2, 0.25) is 0 Å². The number of hydrogen-bond acceptors (Lipinski definition) is 4. The highest BCUT2D eigenvalue weighted by Gasteiger charge is 2.18. The summed E-state index contributed by atoms with van der Waals surface area (Å²) in [5, 5.41) is 0. The van der Waals surface area contributed by atoms with Crippen LogP contribution >= 0.6 is 15.9 Å². The number of carbonyl (C=O) groups excluding carboxylic acids is 1. The minimum absolute atomic E-state index is 0.182. The second-order valence-corrected chi connectivity index (χ2v) is 6.72. The summed E-state index contributed by atoms with van der Waals surface area (Å²) in [4.78, 5) is 14.2. The predicted octanol–water partition coefficient (Wildman–Crippen LogP) is 4.54. The first-order valence-electron chi connectivity index (χ1n) is 8.60. The lowest BCUT2D eigenvalue weighted by atomic mass is 10.1. The van der Waals surface area contributed by atoms with Crippen molar-refractivity contribution in [3.8, 4) is 17.2 Å². The highest BCUT2D eigenvalue weighted by molar-refractivity contribution is 9.10. The molecular formula is C20H23BrFNO4. The van der Waals surface area contributed by atoms with E-state index in [1.165, 1.54) is 24.1 Å². The Bertz CT molecular complexity index is 785. The molecule has 0 aliphatic heterocycles. The Balaban J connectivity index is 2.01. The monoisotopic (exact) mass is 439 g/mol. The molecule has 0 radical (unpaired) electrons. The van der Waals surface area contributed by atoms with Gasteiger partial charge in [-0.3, -0.25) is 4.79 Å². The molecule has 2 aromatic rings. The highest BCUT2D eigenvalue weighted by Crippen LogP contribution is 2.37. The van der Waals surface area contributed by atoms with Crippen molar-refractivity contribution in [2.45, 2.75) is 13.3 Å². The van der Waals surface area contributed by atoms with E-state index in [1.807, 2.05) is 6.92 Å². The van der Waals surface area contributed by atoms with Crippen LogP contribution in [-0.4, -0.2) is 44.7 Å². The SMILES string of the molecule is CCCOc1c(Br)cc(C(=O)N(C)CCOc2cccc(F)c2)cc1OC. The first-order valence-corrected chi connectivity index (χ1v) is 9.39. The van der Waals surface area contributed by atoms with Gasteiger partial charge in [-0.05, 0) is 46.6 Å². The third-order valence-electron chi connectivity index (χ3n) is 3.77. The lowest BCUT2D eigenvalue weighted by Gasteiger charge is -2.19. The van der Waals surface area contributed by atoms with E-state index in [1.54, 1.807) is 31.3 Å². The van der Waals surface area contributed by atoms with Gasteiger partial charge < -0.3 is 19.1 Å². The second-order valence-electron chi connectivity index (χ2n) is 5.87. The van der Waals surface area contributed by atoms with Gasteiger partial charge in [-0.2, -0.15) is 0 Å². The molecule has 0 N–H and O–H groups in total. The summed E-state index contributed by atoms with van der Waals surface area (Å²) in [6, 6.07) is 9.26. The van der Waals surface area contributed by atoms with Crippen molar-refractivity contribution in [1.82, 2.24) is 4.90 Å². The Morgan fingerprint density at radius 2 is 1.96 bits per heavy atom. The maximum absolute atomic E-state index is 13.2. The third-order valence-corrected chi connectivity index (χ3v) is 4.35. The number of amides is 1. The number of likely N-dealkylation sites (N-methyl/N-ethyl adjacent to an activating group) is 1. The fraction of sp³-hybridized carbons (Fsp3) is 0.350. The Labute approximate surface area is 167 Å². The molecule has 0 saturated heterocycles. The minimum atomic E-state index is -0.362. The molecule has 1 amide bonds. The quantitative estimate of drug-likeness (QED) is 0.575. The molecule has 0 saturated carbocycles. The molecule has 7 heteroatoms. The van der Waals surface area contributed by atoms with Crippen molar-refractivity contribution < 1.29 is 23.4 Å². The molecule has 2 aromatic carbocycles. The van der Waals surface area contributed by atoms with Crippen LogP contribution in [0, 0.1) is 5.82 Å². The smallest absolute Gasteiger partial charge is 0.253 e. The molecule has 0 spiro atoms. The number of ether oxygens (including phenoxy) is 3. The van der Waals surface area contributed by atoms with Crippen LogP contribution in [0.15, 0.2) is 40.9 Å². The molecule has 0 aromatic heterocycles. The fourth-order valence-corrected chi connectivity index (χ4v) is 2.92. The second kappa shape index (κ2) is 10.2. The molecule has 0 heterocycles. The first-order chi connectivity index (χ1) is 13.0. The Hall–Kier alpha value is -2.28. The molecule has 146 valence electrons. The average Bonchev–Trinajstić information content (AvgIpc) is 2.65. The van der Waals surface area contributed by atoms with Crippen LogP contribution in [0.3, 0.4) is 0 Å². The predicted molar refractivity (Wildman–Crippen MR) is 105 cm³/mol. The maximum Gasteiger partial charge on any atom is 0.253 e. The van der Waals surface area contributed by atoms with Crippen molar-refractivity contribution in [3.05, 3.63) is 52.3 Å². The Morgan fingerprint density at radius 1 is 1.19 bits per heavy atom. The van der Waals surface area contributed by atoms with E-state index in [9.17, 15) is 9.18 Å². The van der Waals surface area contributed by atoms with E-state index >= 15 is 0 Å². The summed E-state index contributed by atoms with van der Waals surface area (Å²) in [6.45, 7) is 3.17. The minimum Gasteiger partial charge on any atom is -0.493 e. The van der Waals surface area contributed by atoms with Crippen molar-refractivity contribution in [2.24, 2.45) is 0 Å². The van der Waals surface area contributed by atoms with Gasteiger partial charge in [0.1, 0.15) is 18.2 Å². The summed E-state index contributed by atoms with van der Waals surface area (Å²) >= 11 is 3.44. The van der Waals surface area contributed by atoms with Gasteiger partial charge in [0.25, 0.3) is 5.91 Å². The Morgan fingerprint density at radius 3 is 2.63 bits per heavy atom. The molecule has 2 rings (SSSR count). The molecule has 0 aliphatic carbocycles.